The van der Waals surface area contributed by atoms with E-state index in [1.165, 1.54) is 12.1 Å². The van der Waals surface area contributed by atoms with Crippen molar-refractivity contribution in [3.63, 3.8) is 0 Å². The average Bonchev–Trinajstić information content (AvgIpc) is 2.66. The second-order valence-electron chi connectivity index (χ2n) is 7.40. The molecule has 2 nitrogen and oxygen atoms in total. The van der Waals surface area contributed by atoms with Gasteiger partial charge in [0, 0.05) is 7.11 Å². The monoisotopic (exact) mass is 490 g/mol. The maximum Gasteiger partial charge on any atom is 0.460 e. The van der Waals surface area contributed by atoms with Crippen LogP contribution < -0.4 is 4.74 Å². The van der Waals surface area contributed by atoms with Crippen LogP contribution in [0, 0.1) is 0 Å². The summed E-state index contributed by atoms with van der Waals surface area (Å²) < 4.78 is 157. The predicted octanol–water partition coefficient (Wildman–Crippen LogP) is 7.22. The van der Waals surface area contributed by atoms with Gasteiger partial charge in [-0.25, -0.2) is 0 Å². The molecule has 0 N–H and O–H groups in total. The van der Waals surface area contributed by atoms with Crippen LogP contribution in [0.1, 0.15) is 39.2 Å². The van der Waals surface area contributed by atoms with E-state index in [2.05, 4.69) is 0 Å². The van der Waals surface area contributed by atoms with Gasteiger partial charge in [0.1, 0.15) is 5.75 Å². The Morgan fingerprint density at radius 1 is 0.844 bits per heavy atom. The lowest BCUT2D eigenvalue weighted by atomic mass is 9.84. The highest BCUT2D eigenvalue weighted by atomic mass is 19.4. The van der Waals surface area contributed by atoms with E-state index in [-0.39, 0.29) is 17.4 Å². The van der Waals surface area contributed by atoms with Crippen molar-refractivity contribution < 1.29 is 57.8 Å². The standard InChI is InChI=1S/C19H21F11O2/c1-5-11(2)32-13-8-6-7-12(9-13)14(3,31-4)10-15(20,21)16(22,23)17(24,25)18(26,27)19(28,29)30/h6-9,11H,5,10H2,1-4H3. The van der Waals surface area contributed by atoms with E-state index in [0.717, 1.165) is 26.2 Å². The van der Waals surface area contributed by atoms with Gasteiger partial charge in [-0.15, -0.1) is 0 Å². The minimum absolute atomic E-state index is 0.0733. The molecule has 13 heteroatoms. The Labute approximate surface area is 176 Å². The first kappa shape index (κ1) is 28.2. The third kappa shape index (κ3) is 4.91. The van der Waals surface area contributed by atoms with E-state index < -0.39 is 41.9 Å². The molecule has 0 heterocycles. The number of methoxy groups -OCH3 is 1. The van der Waals surface area contributed by atoms with Crippen LogP contribution in [0.25, 0.3) is 0 Å². The summed E-state index contributed by atoms with van der Waals surface area (Å²) in [5, 5.41) is 0. The molecule has 0 amide bonds. The van der Waals surface area contributed by atoms with E-state index >= 15 is 0 Å². The van der Waals surface area contributed by atoms with Gasteiger partial charge < -0.3 is 9.47 Å². The number of hydrogen-bond acceptors (Lipinski definition) is 2. The predicted molar refractivity (Wildman–Crippen MR) is 91.6 cm³/mol. The van der Waals surface area contributed by atoms with Crippen LogP contribution in [0.15, 0.2) is 24.3 Å². The molecule has 0 saturated carbocycles. The van der Waals surface area contributed by atoms with Gasteiger partial charge in [0.2, 0.25) is 0 Å². The van der Waals surface area contributed by atoms with Crippen LogP contribution in [-0.4, -0.2) is 43.1 Å². The third-order valence-electron chi connectivity index (χ3n) is 4.97. The largest absolute Gasteiger partial charge is 0.491 e. The number of halogens is 11. The molecular formula is C19H21F11O2. The molecule has 1 rings (SSSR count). The summed E-state index contributed by atoms with van der Waals surface area (Å²) in [6.45, 7) is 4.17. The highest BCUT2D eigenvalue weighted by Crippen LogP contribution is 2.59. The highest BCUT2D eigenvalue weighted by molar-refractivity contribution is 5.33. The first-order valence-electron chi connectivity index (χ1n) is 9.10. The second kappa shape index (κ2) is 8.86. The van der Waals surface area contributed by atoms with Crippen LogP contribution >= 0.6 is 0 Å². The molecule has 2 atom stereocenters. The summed E-state index contributed by atoms with van der Waals surface area (Å²) >= 11 is 0. The third-order valence-corrected chi connectivity index (χ3v) is 4.97. The minimum atomic E-state index is -7.46. The van der Waals surface area contributed by atoms with Gasteiger partial charge in [-0.2, -0.15) is 48.3 Å². The number of rotatable bonds is 10. The Morgan fingerprint density at radius 3 is 1.81 bits per heavy atom. The Balaban J connectivity index is 3.41. The molecule has 0 fully saturated rings. The first-order valence-corrected chi connectivity index (χ1v) is 9.10. The number of hydrogen-bond donors (Lipinski definition) is 0. The topological polar surface area (TPSA) is 18.5 Å². The lowest BCUT2D eigenvalue weighted by Gasteiger charge is -2.40. The van der Waals surface area contributed by atoms with Gasteiger partial charge in [0.25, 0.3) is 0 Å². The minimum Gasteiger partial charge on any atom is -0.491 e. The fraction of sp³-hybridized carbons (Fsp3) is 0.684. The summed E-state index contributed by atoms with van der Waals surface area (Å²) in [7, 11) is 0.749. The van der Waals surface area contributed by atoms with Crippen LogP contribution in [0.4, 0.5) is 48.3 Å². The molecular weight excluding hydrogens is 469 g/mol. The van der Waals surface area contributed by atoms with Crippen molar-refractivity contribution in [3.05, 3.63) is 29.8 Å². The molecule has 1 aromatic rings. The van der Waals surface area contributed by atoms with Crippen molar-refractivity contribution in [2.75, 3.05) is 7.11 Å². The molecule has 0 aliphatic heterocycles. The average molecular weight is 490 g/mol. The van der Waals surface area contributed by atoms with Crippen LogP contribution in [0.3, 0.4) is 0 Å². The van der Waals surface area contributed by atoms with Crippen molar-refractivity contribution in [1.82, 2.24) is 0 Å². The Hall–Kier alpha value is -1.79. The molecule has 2 unspecified atom stereocenters. The Bertz CT molecular complexity index is 777. The Morgan fingerprint density at radius 2 is 1.38 bits per heavy atom. The molecule has 1 aromatic carbocycles. The lowest BCUT2D eigenvalue weighted by molar-refractivity contribution is -0.424. The molecule has 0 aliphatic rings. The molecule has 0 spiro atoms. The SMILES string of the molecule is CCC(C)Oc1cccc(C(C)(CC(F)(F)C(F)(F)C(F)(F)C(F)(F)C(F)(F)F)OC)c1. The quantitative estimate of drug-likeness (QED) is 0.323. The van der Waals surface area contributed by atoms with E-state index in [0.29, 0.717) is 6.42 Å². The number of ether oxygens (including phenoxy) is 2. The smallest absolute Gasteiger partial charge is 0.460 e. The van der Waals surface area contributed by atoms with E-state index in [9.17, 15) is 48.3 Å². The van der Waals surface area contributed by atoms with Gasteiger partial charge in [-0.3, -0.25) is 0 Å². The van der Waals surface area contributed by atoms with E-state index in [1.807, 2.05) is 0 Å². The first-order chi connectivity index (χ1) is 14.2. The summed E-state index contributed by atoms with van der Waals surface area (Å²) in [6, 6.07) is 4.78. The van der Waals surface area contributed by atoms with Crippen molar-refractivity contribution in [2.24, 2.45) is 0 Å². The van der Waals surface area contributed by atoms with E-state index in [4.69, 9.17) is 9.47 Å². The molecule has 186 valence electrons. The van der Waals surface area contributed by atoms with Crippen LogP contribution in [0.5, 0.6) is 5.75 Å². The maximum absolute atomic E-state index is 14.3. The second-order valence-corrected chi connectivity index (χ2v) is 7.40. The molecule has 0 aliphatic carbocycles. The molecule has 0 bridgehead atoms. The number of alkyl halides is 11. The zero-order valence-electron chi connectivity index (χ0n) is 17.3. The normalized spacial score (nSPS) is 17.1. The van der Waals surface area contributed by atoms with Crippen LogP contribution in [0.2, 0.25) is 0 Å². The summed E-state index contributed by atoms with van der Waals surface area (Å²) in [5.41, 5.74) is -2.78. The molecule has 0 saturated heterocycles. The summed E-state index contributed by atoms with van der Waals surface area (Å²) in [4.78, 5) is 0. The molecule has 0 aromatic heterocycles. The van der Waals surface area contributed by atoms with Crippen molar-refractivity contribution in [2.45, 2.75) is 75.2 Å². The van der Waals surface area contributed by atoms with Gasteiger partial charge in [0.05, 0.1) is 18.1 Å². The fourth-order valence-electron chi connectivity index (χ4n) is 2.65. The maximum atomic E-state index is 14.3. The molecule has 0 radical (unpaired) electrons. The Kier molecular flexibility index (Phi) is 7.82. The van der Waals surface area contributed by atoms with Crippen molar-refractivity contribution in [1.29, 1.82) is 0 Å². The fourth-order valence-corrected chi connectivity index (χ4v) is 2.65. The van der Waals surface area contributed by atoms with Gasteiger partial charge in [-0.1, -0.05) is 19.1 Å². The molecule has 32 heavy (non-hydrogen) atoms. The van der Waals surface area contributed by atoms with E-state index in [1.54, 1.807) is 13.8 Å². The van der Waals surface area contributed by atoms with Crippen LogP contribution in [-0.2, 0) is 10.3 Å². The van der Waals surface area contributed by atoms with Crippen molar-refractivity contribution in [3.8, 4) is 5.75 Å². The van der Waals surface area contributed by atoms with Gasteiger partial charge >= 0.3 is 29.9 Å². The van der Waals surface area contributed by atoms with Crippen molar-refractivity contribution >= 4 is 0 Å². The number of benzene rings is 1. The van der Waals surface area contributed by atoms with Gasteiger partial charge in [0.15, 0.2) is 0 Å². The highest BCUT2D eigenvalue weighted by Gasteiger charge is 2.87. The summed E-state index contributed by atoms with van der Waals surface area (Å²) in [5.74, 6) is -28.0. The summed E-state index contributed by atoms with van der Waals surface area (Å²) in [6.07, 6.45) is -9.38. The zero-order chi connectivity index (χ0) is 25.4. The lowest BCUT2D eigenvalue weighted by Crippen LogP contribution is -2.67. The zero-order valence-corrected chi connectivity index (χ0v) is 17.3. The van der Waals surface area contributed by atoms with Gasteiger partial charge in [-0.05, 0) is 38.0 Å².